The number of thioether (sulfide) groups is 1. The number of hydrogen-bond donors (Lipinski definition) is 2. The summed E-state index contributed by atoms with van der Waals surface area (Å²) in [6, 6.07) is 4.83. The Bertz CT molecular complexity index is 560. The Hall–Kier alpha value is -0.280. The molecule has 0 amide bonds. The van der Waals surface area contributed by atoms with E-state index in [0.29, 0.717) is 11.0 Å². The van der Waals surface area contributed by atoms with Gasteiger partial charge in [-0.1, -0.05) is 15.9 Å². The SMILES string of the molecule is Nc1ccc(Br)cc1S(=O)(=O)NCCN1CCSCC1. The highest BCUT2D eigenvalue weighted by Gasteiger charge is 2.18. The summed E-state index contributed by atoms with van der Waals surface area (Å²) in [5.41, 5.74) is 6.00. The maximum atomic E-state index is 12.2. The number of nitrogens with two attached hydrogens (primary N) is 1. The molecule has 0 saturated carbocycles. The van der Waals surface area contributed by atoms with Crippen molar-refractivity contribution in [2.45, 2.75) is 4.90 Å². The Balaban J connectivity index is 1.95. The van der Waals surface area contributed by atoms with E-state index in [4.69, 9.17) is 5.73 Å². The van der Waals surface area contributed by atoms with Gasteiger partial charge in [0.15, 0.2) is 0 Å². The van der Waals surface area contributed by atoms with Crippen molar-refractivity contribution in [3.63, 3.8) is 0 Å². The first-order valence-electron chi connectivity index (χ1n) is 6.34. The number of nitrogens with zero attached hydrogens (tertiary/aromatic N) is 1. The minimum absolute atomic E-state index is 0.126. The number of anilines is 1. The second-order valence-electron chi connectivity index (χ2n) is 4.53. The zero-order valence-corrected chi connectivity index (χ0v) is 14.2. The number of nitrogens with one attached hydrogen (secondary N) is 1. The molecule has 1 saturated heterocycles. The summed E-state index contributed by atoms with van der Waals surface area (Å²) in [6.45, 7) is 3.17. The fourth-order valence-corrected chi connectivity index (χ4v) is 4.65. The topological polar surface area (TPSA) is 75.4 Å². The van der Waals surface area contributed by atoms with E-state index in [1.165, 1.54) is 6.07 Å². The van der Waals surface area contributed by atoms with Gasteiger partial charge in [0.25, 0.3) is 0 Å². The second-order valence-corrected chi connectivity index (χ2v) is 8.41. The van der Waals surface area contributed by atoms with E-state index < -0.39 is 10.0 Å². The van der Waals surface area contributed by atoms with E-state index in [9.17, 15) is 8.42 Å². The number of rotatable bonds is 5. The molecule has 20 heavy (non-hydrogen) atoms. The van der Waals surface area contributed by atoms with E-state index in [0.717, 1.165) is 31.1 Å². The molecule has 1 aliphatic rings. The monoisotopic (exact) mass is 379 g/mol. The van der Waals surface area contributed by atoms with Gasteiger partial charge in [-0.3, -0.25) is 0 Å². The molecule has 0 radical (unpaired) electrons. The van der Waals surface area contributed by atoms with Gasteiger partial charge in [-0.15, -0.1) is 0 Å². The molecule has 0 spiro atoms. The standard InChI is InChI=1S/C12H18BrN3O2S2/c13-10-1-2-11(14)12(9-10)20(17,18)15-3-4-16-5-7-19-8-6-16/h1-2,9,15H,3-8,14H2. The summed E-state index contributed by atoms with van der Waals surface area (Å²) in [5.74, 6) is 2.23. The lowest BCUT2D eigenvalue weighted by atomic mass is 10.3. The maximum absolute atomic E-state index is 12.2. The summed E-state index contributed by atoms with van der Waals surface area (Å²) in [6.07, 6.45) is 0. The first kappa shape index (κ1) is 16.1. The van der Waals surface area contributed by atoms with Crippen LogP contribution >= 0.6 is 27.7 Å². The quantitative estimate of drug-likeness (QED) is 0.755. The first-order chi connectivity index (χ1) is 9.49. The molecule has 0 unspecified atom stereocenters. The maximum Gasteiger partial charge on any atom is 0.242 e. The van der Waals surface area contributed by atoms with Crippen LogP contribution in [0.1, 0.15) is 0 Å². The van der Waals surface area contributed by atoms with Crippen LogP contribution in [0.25, 0.3) is 0 Å². The molecule has 1 heterocycles. The highest BCUT2D eigenvalue weighted by Crippen LogP contribution is 2.22. The number of nitrogen functional groups attached to an aromatic ring is 1. The fraction of sp³-hybridized carbons (Fsp3) is 0.500. The molecular weight excluding hydrogens is 362 g/mol. The normalized spacial score (nSPS) is 17.2. The molecule has 2 rings (SSSR count). The highest BCUT2D eigenvalue weighted by atomic mass is 79.9. The first-order valence-corrected chi connectivity index (χ1v) is 9.77. The Kier molecular flexibility index (Phi) is 5.74. The number of halogens is 1. The third-order valence-electron chi connectivity index (χ3n) is 3.09. The Morgan fingerprint density at radius 1 is 1.35 bits per heavy atom. The van der Waals surface area contributed by atoms with Gasteiger partial charge in [0.2, 0.25) is 10.0 Å². The number of benzene rings is 1. The van der Waals surface area contributed by atoms with Crippen LogP contribution in [0.3, 0.4) is 0 Å². The molecule has 112 valence electrons. The summed E-state index contributed by atoms with van der Waals surface area (Å²) < 4.78 is 27.7. The Labute approximate surface area is 132 Å². The van der Waals surface area contributed by atoms with Crippen molar-refractivity contribution in [3.05, 3.63) is 22.7 Å². The van der Waals surface area contributed by atoms with E-state index in [1.807, 2.05) is 11.8 Å². The molecule has 0 bridgehead atoms. The summed E-state index contributed by atoms with van der Waals surface area (Å²) in [4.78, 5) is 2.39. The van der Waals surface area contributed by atoms with Crippen LogP contribution in [0.4, 0.5) is 5.69 Å². The summed E-state index contributed by atoms with van der Waals surface area (Å²) in [7, 11) is -3.55. The van der Waals surface area contributed by atoms with Crippen LogP contribution in [0.15, 0.2) is 27.6 Å². The van der Waals surface area contributed by atoms with Crippen molar-refractivity contribution in [2.24, 2.45) is 0 Å². The van der Waals surface area contributed by atoms with Crippen molar-refractivity contribution < 1.29 is 8.42 Å². The van der Waals surface area contributed by atoms with Crippen LogP contribution in [-0.2, 0) is 10.0 Å². The Morgan fingerprint density at radius 2 is 2.05 bits per heavy atom. The third-order valence-corrected chi connectivity index (χ3v) is 6.04. The molecule has 1 aromatic rings. The smallest absolute Gasteiger partial charge is 0.242 e. The van der Waals surface area contributed by atoms with Gasteiger partial charge in [0.1, 0.15) is 4.90 Å². The summed E-state index contributed by atoms with van der Waals surface area (Å²) in [5, 5.41) is 0. The van der Waals surface area contributed by atoms with Crippen LogP contribution in [0, 0.1) is 0 Å². The predicted octanol–water partition coefficient (Wildman–Crippen LogP) is 1.36. The lowest BCUT2D eigenvalue weighted by molar-refractivity contribution is 0.307. The third kappa shape index (κ3) is 4.36. The van der Waals surface area contributed by atoms with Crippen LogP contribution < -0.4 is 10.5 Å². The molecule has 1 aliphatic heterocycles. The van der Waals surface area contributed by atoms with Gasteiger partial charge in [0, 0.05) is 42.2 Å². The van der Waals surface area contributed by atoms with Crippen molar-refractivity contribution in [3.8, 4) is 0 Å². The second kappa shape index (κ2) is 7.13. The average molecular weight is 380 g/mol. The molecule has 1 aromatic carbocycles. The van der Waals surface area contributed by atoms with Gasteiger partial charge in [-0.2, -0.15) is 11.8 Å². The van der Waals surface area contributed by atoms with Crippen LogP contribution in [0.2, 0.25) is 0 Å². The zero-order valence-electron chi connectivity index (χ0n) is 11.0. The lowest BCUT2D eigenvalue weighted by Gasteiger charge is -2.26. The number of hydrogen-bond acceptors (Lipinski definition) is 5. The molecule has 0 aromatic heterocycles. The van der Waals surface area contributed by atoms with Crippen LogP contribution in [0.5, 0.6) is 0 Å². The van der Waals surface area contributed by atoms with Gasteiger partial charge in [-0.05, 0) is 18.2 Å². The molecule has 1 fully saturated rings. The molecular formula is C12H18BrN3O2S2. The number of sulfonamides is 1. The Morgan fingerprint density at radius 3 is 2.75 bits per heavy atom. The molecule has 0 aliphatic carbocycles. The zero-order chi connectivity index (χ0) is 14.6. The van der Waals surface area contributed by atoms with E-state index in [2.05, 4.69) is 25.6 Å². The largest absolute Gasteiger partial charge is 0.398 e. The molecule has 0 atom stereocenters. The predicted molar refractivity (Wildman–Crippen MR) is 87.5 cm³/mol. The average Bonchev–Trinajstić information content (AvgIpc) is 2.42. The van der Waals surface area contributed by atoms with Crippen molar-refractivity contribution in [2.75, 3.05) is 43.4 Å². The van der Waals surface area contributed by atoms with E-state index >= 15 is 0 Å². The van der Waals surface area contributed by atoms with Gasteiger partial charge >= 0.3 is 0 Å². The molecule has 5 nitrogen and oxygen atoms in total. The molecule has 3 N–H and O–H groups in total. The van der Waals surface area contributed by atoms with Gasteiger partial charge < -0.3 is 10.6 Å². The fourth-order valence-electron chi connectivity index (χ4n) is 1.98. The minimum Gasteiger partial charge on any atom is -0.398 e. The van der Waals surface area contributed by atoms with E-state index in [1.54, 1.807) is 12.1 Å². The molecule has 8 heteroatoms. The highest BCUT2D eigenvalue weighted by molar-refractivity contribution is 9.10. The van der Waals surface area contributed by atoms with Crippen molar-refractivity contribution in [1.29, 1.82) is 0 Å². The van der Waals surface area contributed by atoms with Crippen molar-refractivity contribution in [1.82, 2.24) is 9.62 Å². The van der Waals surface area contributed by atoms with Gasteiger partial charge in [-0.25, -0.2) is 13.1 Å². The lowest BCUT2D eigenvalue weighted by Crippen LogP contribution is -2.39. The van der Waals surface area contributed by atoms with Crippen LogP contribution in [-0.4, -0.2) is 51.0 Å². The van der Waals surface area contributed by atoms with Crippen molar-refractivity contribution >= 4 is 43.4 Å². The van der Waals surface area contributed by atoms with Gasteiger partial charge in [0.05, 0.1) is 5.69 Å². The summed E-state index contributed by atoms with van der Waals surface area (Å²) >= 11 is 5.20. The van der Waals surface area contributed by atoms with E-state index in [-0.39, 0.29) is 10.6 Å². The minimum atomic E-state index is -3.55.